The molecule has 1 aromatic carbocycles. The second-order valence-electron chi connectivity index (χ2n) is 5.89. The van der Waals surface area contributed by atoms with E-state index in [4.69, 9.17) is 0 Å². The maximum absolute atomic E-state index is 12.1. The van der Waals surface area contributed by atoms with Gasteiger partial charge in [-0.1, -0.05) is 12.1 Å². The summed E-state index contributed by atoms with van der Waals surface area (Å²) in [6.45, 7) is 5.75. The Balaban J connectivity index is 1.85. The minimum atomic E-state index is -0.964. The van der Waals surface area contributed by atoms with Gasteiger partial charge < -0.3 is 20.1 Å². The number of aliphatic carboxylic acids is 1. The molecule has 1 aromatic rings. The van der Waals surface area contributed by atoms with Crippen LogP contribution in [0.5, 0.6) is 0 Å². The summed E-state index contributed by atoms with van der Waals surface area (Å²) in [6, 6.07) is 5.97. The largest absolute Gasteiger partial charge is 0.550 e. The molecule has 0 aromatic heterocycles. The van der Waals surface area contributed by atoms with Crippen LogP contribution in [0.2, 0.25) is 0 Å². The molecule has 1 heterocycles. The molecule has 0 bridgehead atoms. The molecule has 2 N–H and O–H groups in total. The fourth-order valence-electron chi connectivity index (χ4n) is 2.73. The lowest BCUT2D eigenvalue weighted by Gasteiger charge is -2.29. The molecular weight excluding hydrogens is 268 g/mol. The lowest BCUT2D eigenvalue weighted by Crippen LogP contribution is -3.14. The Morgan fingerprint density at radius 3 is 2.57 bits per heavy atom. The van der Waals surface area contributed by atoms with Gasteiger partial charge in [-0.05, 0) is 31.0 Å². The number of nitrogens with one attached hydrogen (secondary N) is 2. The van der Waals surface area contributed by atoms with Gasteiger partial charge in [0.05, 0.1) is 13.1 Å². The molecule has 1 aliphatic heterocycles. The second kappa shape index (κ2) is 6.72. The zero-order valence-corrected chi connectivity index (χ0v) is 12.6. The summed E-state index contributed by atoms with van der Waals surface area (Å²) in [4.78, 5) is 24.0. The highest BCUT2D eigenvalue weighted by atomic mass is 16.4. The van der Waals surface area contributed by atoms with Gasteiger partial charge >= 0.3 is 0 Å². The Labute approximate surface area is 125 Å². The third-order valence-corrected chi connectivity index (χ3v) is 4.10. The molecule has 5 nitrogen and oxygen atoms in total. The molecule has 1 amide bonds. The first-order chi connectivity index (χ1) is 9.95. The van der Waals surface area contributed by atoms with Crippen molar-refractivity contribution in [3.05, 3.63) is 29.3 Å². The molecule has 5 heteroatoms. The van der Waals surface area contributed by atoms with Gasteiger partial charge in [0.15, 0.2) is 6.54 Å². The van der Waals surface area contributed by atoms with Gasteiger partial charge in [-0.25, -0.2) is 0 Å². The lowest BCUT2D eigenvalue weighted by molar-refractivity contribution is -0.897. The highest BCUT2D eigenvalue weighted by Crippen LogP contribution is 2.16. The summed E-state index contributed by atoms with van der Waals surface area (Å²) < 4.78 is 0. The summed E-state index contributed by atoms with van der Waals surface area (Å²) in [5.74, 6) is -1.34. The molecule has 1 saturated heterocycles. The predicted molar refractivity (Wildman–Crippen MR) is 77.8 cm³/mol. The van der Waals surface area contributed by atoms with Crippen LogP contribution in [0.1, 0.15) is 24.0 Å². The zero-order valence-electron chi connectivity index (χ0n) is 12.6. The topological polar surface area (TPSA) is 73.7 Å². The van der Waals surface area contributed by atoms with Crippen LogP contribution >= 0.6 is 0 Å². The predicted octanol–water partition coefficient (Wildman–Crippen LogP) is -0.713. The Bertz CT molecular complexity index is 534. The molecule has 0 unspecified atom stereocenters. The van der Waals surface area contributed by atoms with Gasteiger partial charge in [0.1, 0.15) is 0 Å². The fraction of sp³-hybridized carbons (Fsp3) is 0.500. The average Bonchev–Trinajstić information content (AvgIpc) is 2.43. The number of quaternary nitrogens is 1. The molecular formula is C16H22N2O3. The molecule has 0 spiro atoms. The van der Waals surface area contributed by atoms with Crippen molar-refractivity contribution in [3.8, 4) is 0 Å². The number of rotatable bonds is 4. The van der Waals surface area contributed by atoms with Crippen molar-refractivity contribution in [1.82, 2.24) is 0 Å². The van der Waals surface area contributed by atoms with Crippen molar-refractivity contribution in [1.29, 1.82) is 0 Å². The maximum atomic E-state index is 12.1. The number of piperidine rings is 1. The Kier molecular flexibility index (Phi) is 4.96. The van der Waals surface area contributed by atoms with Gasteiger partial charge in [-0.15, -0.1) is 0 Å². The number of anilines is 1. The van der Waals surface area contributed by atoms with Gasteiger partial charge in [0.2, 0.25) is 0 Å². The third kappa shape index (κ3) is 4.29. The highest BCUT2D eigenvalue weighted by Gasteiger charge is 2.24. The summed E-state index contributed by atoms with van der Waals surface area (Å²) in [5, 5.41) is 13.7. The van der Waals surface area contributed by atoms with Crippen molar-refractivity contribution in [2.24, 2.45) is 5.92 Å². The van der Waals surface area contributed by atoms with Crippen LogP contribution in [0.25, 0.3) is 0 Å². The van der Waals surface area contributed by atoms with Gasteiger partial charge in [0.25, 0.3) is 5.91 Å². The number of aryl methyl sites for hydroxylation is 2. The van der Waals surface area contributed by atoms with Crippen LogP contribution in [0, 0.1) is 19.8 Å². The molecule has 0 radical (unpaired) electrons. The van der Waals surface area contributed by atoms with Crippen molar-refractivity contribution in [3.63, 3.8) is 0 Å². The Morgan fingerprint density at radius 2 is 1.95 bits per heavy atom. The van der Waals surface area contributed by atoms with E-state index in [9.17, 15) is 14.7 Å². The van der Waals surface area contributed by atoms with E-state index in [1.54, 1.807) is 0 Å². The molecule has 114 valence electrons. The molecule has 0 saturated carbocycles. The van der Waals surface area contributed by atoms with E-state index in [1.807, 2.05) is 32.0 Å². The van der Waals surface area contributed by atoms with E-state index in [1.165, 1.54) is 0 Å². The summed E-state index contributed by atoms with van der Waals surface area (Å²) in [5.41, 5.74) is 3.00. The van der Waals surface area contributed by atoms with E-state index >= 15 is 0 Å². The summed E-state index contributed by atoms with van der Waals surface area (Å²) >= 11 is 0. The van der Waals surface area contributed by atoms with Crippen LogP contribution in [0.15, 0.2) is 18.2 Å². The van der Waals surface area contributed by atoms with E-state index < -0.39 is 5.97 Å². The standard InChI is InChI=1S/C16H22N2O3/c1-11-3-4-12(2)14(9-11)17-15(19)10-18-7-5-13(6-8-18)16(20)21/h3-4,9,13H,5-8,10H2,1-2H3,(H,17,19)(H,20,21). The quantitative estimate of drug-likeness (QED) is 0.769. The third-order valence-electron chi connectivity index (χ3n) is 4.10. The fourth-order valence-corrected chi connectivity index (χ4v) is 2.73. The number of likely N-dealkylation sites (tertiary alicyclic amines) is 1. The van der Waals surface area contributed by atoms with Crippen molar-refractivity contribution < 1.29 is 19.6 Å². The molecule has 0 aliphatic carbocycles. The molecule has 2 rings (SSSR count). The molecule has 21 heavy (non-hydrogen) atoms. The number of carbonyl (C=O) groups is 2. The minimum Gasteiger partial charge on any atom is -0.550 e. The van der Waals surface area contributed by atoms with Crippen LogP contribution in [0.3, 0.4) is 0 Å². The molecule has 0 atom stereocenters. The summed E-state index contributed by atoms with van der Waals surface area (Å²) in [6.07, 6.45) is 1.18. The van der Waals surface area contributed by atoms with E-state index in [0.29, 0.717) is 32.5 Å². The second-order valence-corrected chi connectivity index (χ2v) is 5.89. The SMILES string of the molecule is Cc1ccc(C)c(NC(=O)C[NH+]2CCC(C(=O)[O-])CC2)c1. The maximum Gasteiger partial charge on any atom is 0.279 e. The van der Waals surface area contributed by atoms with Gasteiger partial charge in [-0.3, -0.25) is 4.79 Å². The van der Waals surface area contributed by atoms with Crippen molar-refractivity contribution in [2.75, 3.05) is 25.0 Å². The number of hydrogen-bond donors (Lipinski definition) is 2. The van der Waals surface area contributed by atoms with E-state index in [0.717, 1.165) is 21.7 Å². The highest BCUT2D eigenvalue weighted by molar-refractivity contribution is 5.92. The number of benzene rings is 1. The number of carboxylic acid groups (broad SMARTS) is 1. The number of amides is 1. The smallest absolute Gasteiger partial charge is 0.279 e. The number of hydrogen-bond acceptors (Lipinski definition) is 3. The van der Waals surface area contributed by atoms with Crippen LogP contribution in [-0.2, 0) is 9.59 Å². The first-order valence-electron chi connectivity index (χ1n) is 7.37. The molecule has 1 fully saturated rings. The van der Waals surface area contributed by atoms with Crippen molar-refractivity contribution >= 4 is 17.6 Å². The van der Waals surface area contributed by atoms with Crippen LogP contribution in [-0.4, -0.2) is 31.5 Å². The Hall–Kier alpha value is -1.88. The Morgan fingerprint density at radius 1 is 1.29 bits per heavy atom. The monoisotopic (exact) mass is 290 g/mol. The van der Waals surface area contributed by atoms with Crippen molar-refractivity contribution in [2.45, 2.75) is 26.7 Å². The molecule has 1 aliphatic rings. The summed E-state index contributed by atoms with van der Waals surface area (Å²) in [7, 11) is 0. The average molecular weight is 290 g/mol. The normalized spacial score (nSPS) is 21.8. The first-order valence-corrected chi connectivity index (χ1v) is 7.37. The van der Waals surface area contributed by atoms with E-state index in [-0.39, 0.29) is 11.8 Å². The lowest BCUT2D eigenvalue weighted by atomic mass is 9.97. The van der Waals surface area contributed by atoms with Gasteiger partial charge in [0, 0.05) is 30.4 Å². The number of carboxylic acids is 1. The van der Waals surface area contributed by atoms with Crippen LogP contribution < -0.4 is 15.3 Å². The van der Waals surface area contributed by atoms with E-state index in [2.05, 4.69) is 5.32 Å². The first kappa shape index (κ1) is 15.5. The van der Waals surface area contributed by atoms with Gasteiger partial charge in [-0.2, -0.15) is 0 Å². The number of carbonyl (C=O) groups excluding carboxylic acids is 2. The zero-order chi connectivity index (χ0) is 15.4. The minimum absolute atomic E-state index is 0.0226. The van der Waals surface area contributed by atoms with Crippen LogP contribution in [0.4, 0.5) is 5.69 Å².